The molecule has 152 valence electrons. The molecule has 0 aliphatic carbocycles. The molecule has 1 fully saturated rings. The molecule has 2 aromatic rings. The molecule has 7 heteroatoms. The van der Waals surface area contributed by atoms with Crippen molar-refractivity contribution in [1.29, 1.82) is 0 Å². The zero-order valence-corrected chi connectivity index (χ0v) is 16.8. The molecular weight excluding hydrogens is 370 g/mol. The van der Waals surface area contributed by atoms with Gasteiger partial charge in [-0.15, -0.1) is 5.01 Å². The average Bonchev–Trinajstić information content (AvgIpc) is 2.97. The fraction of sp³-hybridized carbons (Fsp3) is 0.318. The third-order valence-corrected chi connectivity index (χ3v) is 4.79. The van der Waals surface area contributed by atoms with Gasteiger partial charge in [-0.05, 0) is 42.7 Å². The van der Waals surface area contributed by atoms with E-state index in [1.165, 1.54) is 6.21 Å². The molecule has 7 nitrogen and oxygen atoms in total. The van der Waals surface area contributed by atoms with Crippen molar-refractivity contribution in [3.05, 3.63) is 59.7 Å². The Hall–Kier alpha value is -3.35. The van der Waals surface area contributed by atoms with Crippen LogP contribution in [-0.4, -0.2) is 36.9 Å². The van der Waals surface area contributed by atoms with E-state index in [0.717, 1.165) is 17.9 Å². The van der Waals surface area contributed by atoms with Crippen LogP contribution in [0.5, 0.6) is 11.5 Å². The Bertz CT molecular complexity index is 914. The van der Waals surface area contributed by atoms with Gasteiger partial charge in [-0.1, -0.05) is 43.7 Å². The lowest BCUT2D eigenvalue weighted by Gasteiger charge is -2.20. The molecule has 1 heterocycles. The van der Waals surface area contributed by atoms with Crippen LogP contribution in [0, 0.1) is 0 Å². The predicted octanol–water partition coefficient (Wildman–Crippen LogP) is 3.68. The summed E-state index contributed by atoms with van der Waals surface area (Å²) in [5, 5.41) is 7.68. The zero-order chi connectivity index (χ0) is 20.9. The maximum atomic E-state index is 12.9. The van der Waals surface area contributed by atoms with Gasteiger partial charge in [0.2, 0.25) is 0 Å². The fourth-order valence-electron chi connectivity index (χ4n) is 3.03. The number of ether oxygens (including phenoxy) is 2. The average molecular weight is 395 g/mol. The molecule has 0 spiro atoms. The normalized spacial score (nSPS) is 18.9. The Morgan fingerprint density at radius 2 is 1.90 bits per heavy atom. The maximum absolute atomic E-state index is 12.9. The minimum absolute atomic E-state index is 0.434. The number of nitrogens with zero attached hydrogens (tertiary/aromatic N) is 2. The molecule has 1 aliphatic heterocycles. The molecule has 0 unspecified atom stereocenters. The van der Waals surface area contributed by atoms with E-state index in [2.05, 4.69) is 17.3 Å². The van der Waals surface area contributed by atoms with Gasteiger partial charge in [0, 0.05) is 0 Å². The maximum Gasteiger partial charge on any atom is 0.346 e. The first-order valence-electron chi connectivity index (χ1n) is 9.56. The minimum Gasteiger partial charge on any atom is -0.493 e. The van der Waals surface area contributed by atoms with E-state index in [0.29, 0.717) is 29.2 Å². The van der Waals surface area contributed by atoms with Crippen molar-refractivity contribution in [1.82, 2.24) is 10.3 Å². The Kier molecular flexibility index (Phi) is 6.16. The number of unbranched alkanes of at least 4 members (excludes halogenated alkanes) is 1. The zero-order valence-electron chi connectivity index (χ0n) is 16.8. The van der Waals surface area contributed by atoms with Gasteiger partial charge in [0.15, 0.2) is 11.5 Å². The van der Waals surface area contributed by atoms with Crippen molar-refractivity contribution in [2.75, 3.05) is 13.7 Å². The summed E-state index contributed by atoms with van der Waals surface area (Å²) in [4.78, 5) is 25.2. The minimum atomic E-state index is -1.15. The third kappa shape index (κ3) is 4.23. The van der Waals surface area contributed by atoms with E-state index < -0.39 is 17.5 Å². The van der Waals surface area contributed by atoms with E-state index in [4.69, 9.17) is 9.47 Å². The monoisotopic (exact) mass is 395 g/mol. The highest BCUT2D eigenvalue weighted by Crippen LogP contribution is 2.30. The smallest absolute Gasteiger partial charge is 0.346 e. The number of carbonyl (C=O) groups is 2. The first kappa shape index (κ1) is 20.4. The first-order chi connectivity index (χ1) is 14.0. The molecule has 0 aromatic heterocycles. The number of methoxy groups -OCH3 is 1. The van der Waals surface area contributed by atoms with E-state index >= 15 is 0 Å². The van der Waals surface area contributed by atoms with Gasteiger partial charge >= 0.3 is 6.03 Å². The topological polar surface area (TPSA) is 80.2 Å². The van der Waals surface area contributed by atoms with Crippen LogP contribution in [0.2, 0.25) is 0 Å². The number of imide groups is 1. The summed E-state index contributed by atoms with van der Waals surface area (Å²) < 4.78 is 11.1. The quantitative estimate of drug-likeness (QED) is 0.420. The number of rotatable bonds is 8. The van der Waals surface area contributed by atoms with Gasteiger partial charge < -0.3 is 14.8 Å². The van der Waals surface area contributed by atoms with E-state index in [9.17, 15) is 9.59 Å². The lowest BCUT2D eigenvalue weighted by Crippen LogP contribution is -2.40. The van der Waals surface area contributed by atoms with Crippen molar-refractivity contribution in [2.24, 2.45) is 5.10 Å². The van der Waals surface area contributed by atoms with Crippen molar-refractivity contribution < 1.29 is 19.1 Å². The van der Waals surface area contributed by atoms with Crippen LogP contribution >= 0.6 is 0 Å². The fourth-order valence-corrected chi connectivity index (χ4v) is 3.03. The molecular formula is C22H25N3O4. The summed E-state index contributed by atoms with van der Waals surface area (Å²) >= 11 is 0. The van der Waals surface area contributed by atoms with Crippen LogP contribution in [0.3, 0.4) is 0 Å². The van der Waals surface area contributed by atoms with E-state index in [-0.39, 0.29) is 0 Å². The largest absolute Gasteiger partial charge is 0.493 e. The Labute approximate surface area is 170 Å². The number of carbonyl (C=O) groups excluding carboxylic acids is 2. The number of nitrogens with one attached hydrogen (secondary N) is 1. The number of urea groups is 1. The van der Waals surface area contributed by atoms with Crippen LogP contribution in [0.15, 0.2) is 53.6 Å². The van der Waals surface area contributed by atoms with Crippen LogP contribution in [0.4, 0.5) is 4.79 Å². The van der Waals surface area contributed by atoms with Crippen LogP contribution in [0.1, 0.15) is 37.8 Å². The molecule has 1 aliphatic rings. The summed E-state index contributed by atoms with van der Waals surface area (Å²) in [6, 6.07) is 13.9. The molecule has 0 bridgehead atoms. The van der Waals surface area contributed by atoms with Gasteiger partial charge in [0.25, 0.3) is 5.91 Å². The van der Waals surface area contributed by atoms with Crippen molar-refractivity contribution in [3.8, 4) is 11.5 Å². The predicted molar refractivity (Wildman–Crippen MR) is 110 cm³/mol. The molecule has 29 heavy (non-hydrogen) atoms. The van der Waals surface area contributed by atoms with Crippen LogP contribution < -0.4 is 14.8 Å². The summed E-state index contributed by atoms with van der Waals surface area (Å²) in [5.74, 6) is 0.776. The molecule has 2 aromatic carbocycles. The number of hydrazone groups is 1. The second-order valence-electron chi connectivity index (χ2n) is 6.90. The number of amides is 3. The molecule has 1 N–H and O–H groups in total. The highest BCUT2D eigenvalue weighted by atomic mass is 16.5. The van der Waals surface area contributed by atoms with Crippen LogP contribution in [0.25, 0.3) is 0 Å². The highest BCUT2D eigenvalue weighted by Gasteiger charge is 2.49. The second kappa shape index (κ2) is 8.77. The van der Waals surface area contributed by atoms with Crippen molar-refractivity contribution in [3.63, 3.8) is 0 Å². The summed E-state index contributed by atoms with van der Waals surface area (Å²) in [7, 11) is 1.56. The molecule has 0 radical (unpaired) electrons. The Morgan fingerprint density at radius 1 is 1.14 bits per heavy atom. The highest BCUT2D eigenvalue weighted by molar-refractivity contribution is 6.07. The molecule has 3 rings (SSSR count). The second-order valence-corrected chi connectivity index (χ2v) is 6.90. The van der Waals surface area contributed by atoms with Gasteiger partial charge in [-0.25, -0.2) is 4.79 Å². The summed E-state index contributed by atoms with van der Waals surface area (Å²) in [6.45, 7) is 4.38. The number of hydrogen-bond donors (Lipinski definition) is 1. The van der Waals surface area contributed by atoms with Gasteiger partial charge in [0.1, 0.15) is 5.54 Å². The number of hydrogen-bond acceptors (Lipinski definition) is 5. The molecule has 1 atom stereocenters. The van der Waals surface area contributed by atoms with E-state index in [1.54, 1.807) is 44.4 Å². The lowest BCUT2D eigenvalue weighted by atomic mass is 9.92. The first-order valence-corrected chi connectivity index (χ1v) is 9.56. The van der Waals surface area contributed by atoms with E-state index in [1.807, 2.05) is 18.2 Å². The van der Waals surface area contributed by atoms with Gasteiger partial charge in [0.05, 0.1) is 19.9 Å². The Morgan fingerprint density at radius 3 is 2.59 bits per heavy atom. The molecule has 1 saturated heterocycles. The summed E-state index contributed by atoms with van der Waals surface area (Å²) in [6.07, 6.45) is 3.45. The third-order valence-electron chi connectivity index (χ3n) is 4.79. The standard InChI is InChI=1S/C22H25N3O4/c1-4-5-13-29-18-12-11-16(14-19(18)28-3)15-23-25-20(26)22(2,24-21(25)27)17-9-7-6-8-10-17/h6-12,14-15H,4-5,13H2,1-3H3,(H,24,27)/b23-15-/t22-/m1/s1. The molecule has 3 amide bonds. The van der Waals surface area contributed by atoms with Crippen LogP contribution in [-0.2, 0) is 10.3 Å². The lowest BCUT2D eigenvalue weighted by molar-refractivity contribution is -0.131. The number of benzene rings is 2. The SMILES string of the molecule is CCCCOc1ccc(/C=N\N2C(=O)N[C@](C)(c3ccccc3)C2=O)cc1OC. The Balaban J connectivity index is 1.77. The van der Waals surface area contributed by atoms with Crippen molar-refractivity contribution in [2.45, 2.75) is 32.2 Å². The van der Waals surface area contributed by atoms with Crippen molar-refractivity contribution >= 4 is 18.2 Å². The van der Waals surface area contributed by atoms with Gasteiger partial charge in [-0.3, -0.25) is 4.79 Å². The molecule has 0 saturated carbocycles. The summed E-state index contributed by atoms with van der Waals surface area (Å²) in [5.41, 5.74) is 0.231. The van der Waals surface area contributed by atoms with Gasteiger partial charge in [-0.2, -0.15) is 5.10 Å².